The van der Waals surface area contributed by atoms with Crippen LogP contribution in [0.1, 0.15) is 13.8 Å². The van der Waals surface area contributed by atoms with E-state index < -0.39 is 10.0 Å². The van der Waals surface area contributed by atoms with Crippen molar-refractivity contribution in [3.05, 3.63) is 24.3 Å². The Morgan fingerprint density at radius 3 is 2.58 bits per heavy atom. The van der Waals surface area contributed by atoms with Crippen molar-refractivity contribution in [3.63, 3.8) is 0 Å². The molecule has 0 amide bonds. The number of hydrogen-bond donors (Lipinski definition) is 1. The molecule has 0 saturated carbocycles. The first kappa shape index (κ1) is 16.3. The van der Waals surface area contributed by atoms with Crippen LogP contribution in [0.15, 0.2) is 29.2 Å². The highest BCUT2D eigenvalue weighted by molar-refractivity contribution is 7.98. The van der Waals surface area contributed by atoms with Crippen LogP contribution in [0.2, 0.25) is 0 Å². The molecule has 1 aromatic rings. The molecule has 0 aromatic heterocycles. The van der Waals surface area contributed by atoms with E-state index in [1.54, 1.807) is 37.0 Å². The molecule has 19 heavy (non-hydrogen) atoms. The summed E-state index contributed by atoms with van der Waals surface area (Å²) in [7, 11) is -1.82. The topological polar surface area (TPSA) is 49.4 Å². The Hall–Kier alpha value is -0.720. The number of nitrogens with zero attached hydrogens (tertiary/aromatic N) is 1. The van der Waals surface area contributed by atoms with Gasteiger partial charge in [-0.3, -0.25) is 0 Å². The zero-order chi connectivity index (χ0) is 14.5. The van der Waals surface area contributed by atoms with Crippen LogP contribution in [0.4, 0.5) is 5.69 Å². The minimum absolute atomic E-state index is 0.0327. The van der Waals surface area contributed by atoms with E-state index in [1.807, 2.05) is 26.2 Å². The van der Waals surface area contributed by atoms with Crippen LogP contribution < -0.4 is 5.32 Å². The van der Waals surface area contributed by atoms with Crippen LogP contribution in [-0.2, 0) is 10.0 Å². The van der Waals surface area contributed by atoms with E-state index in [-0.39, 0.29) is 6.04 Å². The monoisotopic (exact) mass is 302 g/mol. The molecule has 1 aromatic carbocycles. The molecule has 0 aliphatic rings. The molecule has 1 rings (SSSR count). The van der Waals surface area contributed by atoms with Crippen molar-refractivity contribution in [1.82, 2.24) is 4.31 Å². The molecule has 6 heteroatoms. The number of hydrogen-bond acceptors (Lipinski definition) is 4. The molecule has 1 unspecified atom stereocenters. The lowest BCUT2D eigenvalue weighted by Gasteiger charge is -2.25. The normalized spacial score (nSPS) is 13.5. The predicted molar refractivity (Wildman–Crippen MR) is 83.4 cm³/mol. The summed E-state index contributed by atoms with van der Waals surface area (Å²) >= 11 is 1.64. The van der Waals surface area contributed by atoms with E-state index in [0.29, 0.717) is 17.1 Å². The second-order valence-electron chi connectivity index (χ2n) is 4.35. The summed E-state index contributed by atoms with van der Waals surface area (Å²) in [5.41, 5.74) is 0.660. The van der Waals surface area contributed by atoms with Crippen LogP contribution in [0.3, 0.4) is 0 Å². The number of para-hydroxylation sites is 1. The fourth-order valence-corrected chi connectivity index (χ4v) is 4.09. The number of thioether (sulfide) groups is 1. The zero-order valence-corrected chi connectivity index (χ0v) is 13.5. The third-order valence-corrected chi connectivity index (χ3v) is 5.79. The van der Waals surface area contributed by atoms with Gasteiger partial charge in [0.1, 0.15) is 4.90 Å². The maximum Gasteiger partial charge on any atom is 0.245 e. The molecular formula is C13H22N2O2S2. The molecule has 0 heterocycles. The van der Waals surface area contributed by atoms with E-state index in [4.69, 9.17) is 0 Å². The van der Waals surface area contributed by atoms with Crippen molar-refractivity contribution in [2.24, 2.45) is 0 Å². The minimum atomic E-state index is -3.46. The van der Waals surface area contributed by atoms with Crippen molar-refractivity contribution < 1.29 is 8.42 Å². The highest BCUT2D eigenvalue weighted by atomic mass is 32.2. The average molecular weight is 302 g/mol. The third-order valence-electron chi connectivity index (χ3n) is 2.94. The van der Waals surface area contributed by atoms with Crippen LogP contribution in [0.25, 0.3) is 0 Å². The summed E-state index contributed by atoms with van der Waals surface area (Å²) in [5, 5.41) is 3.10. The maximum absolute atomic E-state index is 12.6. The van der Waals surface area contributed by atoms with Gasteiger partial charge in [0.25, 0.3) is 0 Å². The Morgan fingerprint density at radius 2 is 2.00 bits per heavy atom. The quantitative estimate of drug-likeness (QED) is 0.841. The minimum Gasteiger partial charge on any atom is -0.384 e. The Morgan fingerprint density at radius 1 is 1.37 bits per heavy atom. The van der Waals surface area contributed by atoms with E-state index in [9.17, 15) is 8.42 Å². The summed E-state index contributed by atoms with van der Waals surface area (Å²) in [6.45, 7) is 4.56. The first-order chi connectivity index (χ1) is 8.95. The van der Waals surface area contributed by atoms with E-state index in [1.165, 1.54) is 4.31 Å². The van der Waals surface area contributed by atoms with Gasteiger partial charge in [0.05, 0.1) is 5.69 Å². The van der Waals surface area contributed by atoms with Gasteiger partial charge in [0, 0.05) is 25.4 Å². The molecular weight excluding hydrogens is 280 g/mol. The molecule has 0 spiro atoms. The van der Waals surface area contributed by atoms with Gasteiger partial charge in [-0.15, -0.1) is 0 Å². The molecule has 1 N–H and O–H groups in total. The number of sulfonamides is 1. The van der Waals surface area contributed by atoms with Crippen molar-refractivity contribution >= 4 is 27.5 Å². The maximum atomic E-state index is 12.6. The Kier molecular flexibility index (Phi) is 6.16. The molecule has 0 bridgehead atoms. The number of nitrogens with one attached hydrogen (secondary N) is 1. The first-order valence-electron chi connectivity index (χ1n) is 6.25. The smallest absolute Gasteiger partial charge is 0.245 e. The highest BCUT2D eigenvalue weighted by Crippen LogP contribution is 2.25. The molecule has 0 fully saturated rings. The second kappa shape index (κ2) is 7.17. The van der Waals surface area contributed by atoms with Gasteiger partial charge >= 0.3 is 0 Å². The van der Waals surface area contributed by atoms with E-state index in [0.717, 1.165) is 5.75 Å². The molecule has 0 saturated heterocycles. The van der Waals surface area contributed by atoms with Gasteiger partial charge in [0.2, 0.25) is 10.0 Å². The lowest BCUT2D eigenvalue weighted by atomic mass is 10.3. The summed E-state index contributed by atoms with van der Waals surface area (Å²) < 4.78 is 26.7. The third kappa shape index (κ3) is 3.87. The Bertz CT molecular complexity index is 503. The van der Waals surface area contributed by atoms with Crippen LogP contribution in [-0.4, -0.2) is 44.4 Å². The average Bonchev–Trinajstić information content (AvgIpc) is 2.39. The predicted octanol–water partition coefficient (Wildman–Crippen LogP) is 2.49. The van der Waals surface area contributed by atoms with Crippen molar-refractivity contribution in [1.29, 1.82) is 0 Å². The molecule has 1 atom stereocenters. The summed E-state index contributed by atoms with van der Waals surface area (Å²) in [6.07, 6.45) is 1.98. The SMILES string of the molecule is CCNc1ccccc1S(=O)(=O)N(C)C(C)CSC. The van der Waals surface area contributed by atoms with Gasteiger partial charge in [-0.25, -0.2) is 8.42 Å². The largest absolute Gasteiger partial charge is 0.384 e. The lowest BCUT2D eigenvalue weighted by molar-refractivity contribution is 0.415. The van der Waals surface area contributed by atoms with Crippen LogP contribution >= 0.6 is 11.8 Å². The summed E-state index contributed by atoms with van der Waals surface area (Å²) in [5.74, 6) is 0.777. The molecule has 0 aliphatic carbocycles. The van der Waals surface area contributed by atoms with E-state index >= 15 is 0 Å². The lowest BCUT2D eigenvalue weighted by Crippen LogP contribution is -2.36. The molecule has 4 nitrogen and oxygen atoms in total. The van der Waals surface area contributed by atoms with Crippen LogP contribution in [0, 0.1) is 0 Å². The summed E-state index contributed by atoms with van der Waals surface area (Å²) in [6, 6.07) is 7.00. The summed E-state index contributed by atoms with van der Waals surface area (Å²) in [4.78, 5) is 0.340. The fraction of sp³-hybridized carbons (Fsp3) is 0.538. The van der Waals surface area contributed by atoms with Gasteiger partial charge in [-0.2, -0.15) is 16.1 Å². The zero-order valence-electron chi connectivity index (χ0n) is 11.9. The standard InChI is InChI=1S/C13H22N2O2S2/c1-5-14-12-8-6-7-9-13(12)19(16,17)15(3)11(2)10-18-4/h6-9,11,14H,5,10H2,1-4H3. The van der Waals surface area contributed by atoms with Crippen molar-refractivity contribution in [2.45, 2.75) is 24.8 Å². The van der Waals surface area contributed by atoms with E-state index in [2.05, 4.69) is 5.32 Å². The van der Waals surface area contributed by atoms with Gasteiger partial charge in [-0.1, -0.05) is 12.1 Å². The van der Waals surface area contributed by atoms with Crippen molar-refractivity contribution in [2.75, 3.05) is 30.9 Å². The van der Waals surface area contributed by atoms with Crippen molar-refractivity contribution in [3.8, 4) is 0 Å². The number of benzene rings is 1. The number of anilines is 1. The number of rotatable bonds is 7. The fourth-order valence-electron chi connectivity index (χ4n) is 1.77. The molecule has 0 radical (unpaired) electrons. The molecule has 108 valence electrons. The van der Waals surface area contributed by atoms with Crippen LogP contribution in [0.5, 0.6) is 0 Å². The first-order valence-corrected chi connectivity index (χ1v) is 9.08. The molecule has 0 aliphatic heterocycles. The highest BCUT2D eigenvalue weighted by Gasteiger charge is 2.27. The van der Waals surface area contributed by atoms with Gasteiger partial charge < -0.3 is 5.32 Å². The second-order valence-corrected chi connectivity index (χ2v) is 7.23. The Labute approximate surface area is 120 Å². The van der Waals surface area contributed by atoms with Gasteiger partial charge in [0.15, 0.2) is 0 Å². The Balaban J connectivity index is 3.12. The van der Waals surface area contributed by atoms with Gasteiger partial charge in [-0.05, 0) is 32.2 Å².